The first-order chi connectivity index (χ1) is 10.9. The summed E-state index contributed by atoms with van der Waals surface area (Å²) in [6.45, 7) is 0.0510. The molecule has 3 rings (SSSR count). The van der Waals surface area contributed by atoms with Gasteiger partial charge in [-0.25, -0.2) is 21.6 Å². The Bertz CT molecular complexity index is 751. The molecule has 1 aromatic rings. The number of sulfonamides is 1. The van der Waals surface area contributed by atoms with E-state index in [0.29, 0.717) is 11.9 Å². The van der Waals surface area contributed by atoms with Gasteiger partial charge in [0.1, 0.15) is 12.2 Å². The molecule has 10 heteroatoms. The summed E-state index contributed by atoms with van der Waals surface area (Å²) in [5, 5.41) is 7.06. The quantitative estimate of drug-likeness (QED) is 0.811. The molecule has 0 radical (unpaired) electrons. The van der Waals surface area contributed by atoms with Crippen LogP contribution in [0.4, 0.5) is 0 Å². The molecule has 2 aliphatic rings. The summed E-state index contributed by atoms with van der Waals surface area (Å²) in [6, 6.07) is 0.324. The monoisotopic (exact) mass is 362 g/mol. The molecule has 8 nitrogen and oxygen atoms in total. The fourth-order valence-electron chi connectivity index (χ4n) is 3.35. The maximum absolute atomic E-state index is 12.3. The second-order valence-corrected chi connectivity index (χ2v) is 10.6. The fraction of sp³-hybridized carbons (Fsp3) is 0.846. The number of hydrogen-bond donors (Lipinski definition) is 1. The van der Waals surface area contributed by atoms with Crippen LogP contribution in [0.3, 0.4) is 0 Å². The molecule has 1 N–H and O–H groups in total. The zero-order chi connectivity index (χ0) is 16.5. The van der Waals surface area contributed by atoms with Gasteiger partial charge < -0.3 is 4.57 Å². The normalized spacial score (nSPS) is 25.7. The summed E-state index contributed by atoms with van der Waals surface area (Å²) in [4.78, 5) is 0. The van der Waals surface area contributed by atoms with Crippen LogP contribution in [0.15, 0.2) is 6.33 Å². The van der Waals surface area contributed by atoms with Crippen LogP contribution in [0.5, 0.6) is 0 Å². The van der Waals surface area contributed by atoms with Crippen molar-refractivity contribution < 1.29 is 16.8 Å². The van der Waals surface area contributed by atoms with Gasteiger partial charge in [-0.05, 0) is 19.3 Å². The number of aromatic nitrogens is 3. The molecule has 1 atom stereocenters. The van der Waals surface area contributed by atoms with Crippen LogP contribution in [0.25, 0.3) is 0 Å². The first kappa shape index (κ1) is 16.8. The van der Waals surface area contributed by atoms with Crippen molar-refractivity contribution in [3.63, 3.8) is 0 Å². The van der Waals surface area contributed by atoms with E-state index in [0.717, 1.165) is 25.7 Å². The molecule has 1 aliphatic carbocycles. The number of nitrogens with one attached hydrogen (secondary N) is 1. The lowest BCUT2D eigenvalue weighted by atomic mass is 9.95. The summed E-state index contributed by atoms with van der Waals surface area (Å²) in [5.41, 5.74) is 0. The van der Waals surface area contributed by atoms with E-state index < -0.39 is 25.1 Å². The van der Waals surface area contributed by atoms with E-state index in [1.165, 1.54) is 6.42 Å². The zero-order valence-electron chi connectivity index (χ0n) is 12.9. The molecular formula is C13H22N4O4S2. The van der Waals surface area contributed by atoms with Crippen LogP contribution in [-0.4, -0.2) is 48.4 Å². The van der Waals surface area contributed by atoms with Crippen LogP contribution in [0, 0.1) is 0 Å². The molecule has 130 valence electrons. The van der Waals surface area contributed by atoms with Crippen molar-refractivity contribution in [3.8, 4) is 0 Å². The van der Waals surface area contributed by atoms with E-state index in [4.69, 9.17) is 0 Å². The van der Waals surface area contributed by atoms with Gasteiger partial charge in [-0.2, -0.15) is 0 Å². The van der Waals surface area contributed by atoms with Gasteiger partial charge in [0.2, 0.25) is 10.0 Å². The average Bonchev–Trinajstić information content (AvgIpc) is 3.12. The molecule has 0 amide bonds. The first-order valence-corrected chi connectivity index (χ1v) is 11.3. The smallest absolute Gasteiger partial charge is 0.215 e. The largest absolute Gasteiger partial charge is 0.313 e. The highest BCUT2D eigenvalue weighted by atomic mass is 32.2. The molecule has 1 unspecified atom stereocenters. The molecule has 1 saturated carbocycles. The Morgan fingerprint density at radius 2 is 1.96 bits per heavy atom. The second-order valence-electron chi connectivity index (χ2n) is 6.34. The topological polar surface area (TPSA) is 111 Å². The molecule has 0 aromatic carbocycles. The van der Waals surface area contributed by atoms with Gasteiger partial charge in [-0.3, -0.25) is 0 Å². The molecule has 2 fully saturated rings. The van der Waals surface area contributed by atoms with Crippen LogP contribution in [0.2, 0.25) is 0 Å². The Hall–Kier alpha value is -1.00. The Morgan fingerprint density at radius 3 is 2.61 bits per heavy atom. The van der Waals surface area contributed by atoms with E-state index in [1.807, 2.05) is 4.57 Å². The summed E-state index contributed by atoms with van der Waals surface area (Å²) in [7, 11) is -6.89. The zero-order valence-corrected chi connectivity index (χ0v) is 14.5. The van der Waals surface area contributed by atoms with Crippen molar-refractivity contribution in [2.45, 2.75) is 56.4 Å². The van der Waals surface area contributed by atoms with Crippen LogP contribution < -0.4 is 4.72 Å². The minimum atomic E-state index is -3.66. The van der Waals surface area contributed by atoms with E-state index in [9.17, 15) is 16.8 Å². The predicted octanol–water partition coefficient (Wildman–Crippen LogP) is 0.390. The molecule has 2 heterocycles. The lowest BCUT2D eigenvalue weighted by Crippen LogP contribution is -2.35. The third-order valence-corrected chi connectivity index (χ3v) is 8.48. The fourth-order valence-corrected chi connectivity index (χ4v) is 7.37. The number of hydrogen-bond acceptors (Lipinski definition) is 6. The number of nitrogens with zero attached hydrogens (tertiary/aromatic N) is 3. The number of rotatable bonds is 5. The van der Waals surface area contributed by atoms with E-state index in [2.05, 4.69) is 14.9 Å². The lowest BCUT2D eigenvalue weighted by molar-refractivity contribution is 0.344. The SMILES string of the molecule is O=S1(=O)CCC(S(=O)(=O)NCc2nncn2C2CCCCC2)C1. The van der Waals surface area contributed by atoms with Gasteiger partial charge in [0, 0.05) is 6.04 Å². The van der Waals surface area contributed by atoms with Crippen molar-refractivity contribution >= 4 is 19.9 Å². The van der Waals surface area contributed by atoms with Crippen molar-refractivity contribution in [1.29, 1.82) is 0 Å². The Morgan fingerprint density at radius 1 is 1.22 bits per heavy atom. The predicted molar refractivity (Wildman–Crippen MR) is 85.0 cm³/mol. The van der Waals surface area contributed by atoms with Crippen LogP contribution in [0.1, 0.15) is 50.4 Å². The maximum atomic E-state index is 12.3. The van der Waals surface area contributed by atoms with Crippen LogP contribution >= 0.6 is 0 Å². The van der Waals surface area contributed by atoms with Crippen molar-refractivity contribution in [3.05, 3.63) is 12.2 Å². The summed E-state index contributed by atoms with van der Waals surface area (Å²) < 4.78 is 51.9. The van der Waals surface area contributed by atoms with Gasteiger partial charge in [-0.1, -0.05) is 19.3 Å². The van der Waals surface area contributed by atoms with E-state index in [1.54, 1.807) is 6.33 Å². The molecule has 23 heavy (non-hydrogen) atoms. The van der Waals surface area contributed by atoms with Gasteiger partial charge in [0.25, 0.3) is 0 Å². The third kappa shape index (κ3) is 3.92. The average molecular weight is 362 g/mol. The van der Waals surface area contributed by atoms with Crippen LogP contribution in [-0.2, 0) is 26.4 Å². The molecule has 0 bridgehead atoms. The molecule has 0 spiro atoms. The Balaban J connectivity index is 1.65. The van der Waals surface area contributed by atoms with Crippen molar-refractivity contribution in [1.82, 2.24) is 19.5 Å². The van der Waals surface area contributed by atoms with Gasteiger partial charge in [0.05, 0.1) is 23.3 Å². The lowest BCUT2D eigenvalue weighted by Gasteiger charge is -2.24. The van der Waals surface area contributed by atoms with Crippen molar-refractivity contribution in [2.75, 3.05) is 11.5 Å². The first-order valence-electron chi connectivity index (χ1n) is 7.95. The molecule has 1 aliphatic heterocycles. The van der Waals surface area contributed by atoms with E-state index >= 15 is 0 Å². The third-order valence-electron chi connectivity index (χ3n) is 4.68. The Kier molecular flexibility index (Phi) is 4.75. The number of sulfone groups is 1. The highest BCUT2D eigenvalue weighted by molar-refractivity contribution is 7.95. The standard InChI is InChI=1S/C13H22N4O4S2/c18-22(19)7-6-12(9-22)23(20,21)15-8-13-16-14-10-17(13)11-4-2-1-3-5-11/h10-12,15H,1-9H2. The van der Waals surface area contributed by atoms with Crippen molar-refractivity contribution in [2.24, 2.45) is 0 Å². The minimum absolute atomic E-state index is 0.0510. The Labute approximate surface area is 136 Å². The van der Waals surface area contributed by atoms with Gasteiger partial charge in [0.15, 0.2) is 9.84 Å². The van der Waals surface area contributed by atoms with Gasteiger partial charge >= 0.3 is 0 Å². The summed E-state index contributed by atoms with van der Waals surface area (Å²) >= 11 is 0. The highest BCUT2D eigenvalue weighted by Gasteiger charge is 2.37. The van der Waals surface area contributed by atoms with E-state index in [-0.39, 0.29) is 24.5 Å². The molecule has 1 aromatic heterocycles. The minimum Gasteiger partial charge on any atom is -0.313 e. The summed E-state index contributed by atoms with van der Waals surface area (Å²) in [6.07, 6.45) is 7.47. The molecule has 1 saturated heterocycles. The summed E-state index contributed by atoms with van der Waals surface area (Å²) in [5.74, 6) is 0.232. The molecular weight excluding hydrogens is 340 g/mol. The maximum Gasteiger partial charge on any atom is 0.215 e. The second kappa shape index (κ2) is 6.48. The van der Waals surface area contributed by atoms with Gasteiger partial charge in [-0.15, -0.1) is 10.2 Å². The highest BCUT2D eigenvalue weighted by Crippen LogP contribution is 2.28.